The van der Waals surface area contributed by atoms with Gasteiger partial charge >= 0.3 is 0 Å². The highest BCUT2D eigenvalue weighted by atomic mass is 16.4. The van der Waals surface area contributed by atoms with Gasteiger partial charge in [-0.2, -0.15) is 0 Å². The van der Waals surface area contributed by atoms with Gasteiger partial charge in [-0.05, 0) is 6.07 Å². The Balaban J connectivity index is 2.56. The van der Waals surface area contributed by atoms with Crippen molar-refractivity contribution in [2.24, 2.45) is 7.05 Å². The van der Waals surface area contributed by atoms with E-state index in [0.717, 1.165) is 0 Å². The normalized spacial score (nSPS) is 10.2. The lowest BCUT2D eigenvalue weighted by Crippen LogP contribution is -2.20. The molecule has 2 aromatic heterocycles. The predicted octanol–water partition coefficient (Wildman–Crippen LogP) is 0.917. The quantitative estimate of drug-likeness (QED) is 0.799. The smallest absolute Gasteiger partial charge is 0.274 e. The Kier molecular flexibility index (Phi) is 2.78. The highest BCUT2D eigenvalue weighted by Gasteiger charge is 2.09. The average Bonchev–Trinajstić information content (AvgIpc) is 2.71. The summed E-state index contributed by atoms with van der Waals surface area (Å²) in [7, 11) is 1.60. The first kappa shape index (κ1) is 11.1. The zero-order valence-electron chi connectivity index (χ0n) is 9.43. The standard InChI is InChI=1S/C11H11N3O3/c1-7-12-4-10(17-7)8-3-9(13-6-15)11(16)14(2)5-8/h3-6H,1-2H3,(H,13,15). The number of anilines is 1. The second-order valence-corrected chi connectivity index (χ2v) is 3.56. The number of hydrogen-bond acceptors (Lipinski definition) is 4. The first-order valence-electron chi connectivity index (χ1n) is 4.95. The molecule has 2 rings (SSSR count). The van der Waals surface area contributed by atoms with Crippen LogP contribution < -0.4 is 10.9 Å². The van der Waals surface area contributed by atoms with Crippen molar-refractivity contribution in [3.63, 3.8) is 0 Å². The Labute approximate surface area is 96.9 Å². The first-order valence-corrected chi connectivity index (χ1v) is 4.95. The molecular weight excluding hydrogens is 222 g/mol. The van der Waals surface area contributed by atoms with Gasteiger partial charge in [0.1, 0.15) is 5.69 Å². The summed E-state index contributed by atoms with van der Waals surface area (Å²) in [6, 6.07) is 1.55. The maximum atomic E-state index is 11.6. The van der Waals surface area contributed by atoms with Gasteiger partial charge in [0.2, 0.25) is 6.41 Å². The number of carbonyl (C=O) groups excluding carboxylic acids is 1. The maximum Gasteiger partial charge on any atom is 0.274 e. The second-order valence-electron chi connectivity index (χ2n) is 3.56. The van der Waals surface area contributed by atoms with Crippen LogP contribution in [0, 0.1) is 6.92 Å². The van der Waals surface area contributed by atoms with Gasteiger partial charge in [-0.1, -0.05) is 0 Å². The van der Waals surface area contributed by atoms with Crippen molar-refractivity contribution in [2.45, 2.75) is 6.92 Å². The molecule has 0 saturated heterocycles. The molecule has 1 amide bonds. The van der Waals surface area contributed by atoms with Crippen LogP contribution in [0.15, 0.2) is 27.7 Å². The number of amides is 1. The summed E-state index contributed by atoms with van der Waals surface area (Å²) in [4.78, 5) is 26.0. The van der Waals surface area contributed by atoms with Crippen molar-refractivity contribution >= 4 is 12.1 Å². The van der Waals surface area contributed by atoms with Gasteiger partial charge in [-0.3, -0.25) is 9.59 Å². The highest BCUT2D eigenvalue weighted by molar-refractivity contribution is 5.73. The van der Waals surface area contributed by atoms with E-state index in [2.05, 4.69) is 10.3 Å². The summed E-state index contributed by atoms with van der Waals surface area (Å²) in [6.45, 7) is 1.73. The number of aromatic nitrogens is 2. The number of carbonyl (C=O) groups is 1. The Bertz CT molecular complexity index is 613. The van der Waals surface area contributed by atoms with Crippen LogP contribution in [-0.2, 0) is 11.8 Å². The zero-order chi connectivity index (χ0) is 12.4. The average molecular weight is 233 g/mol. The van der Waals surface area contributed by atoms with E-state index < -0.39 is 0 Å². The largest absolute Gasteiger partial charge is 0.441 e. The van der Waals surface area contributed by atoms with Crippen LogP contribution in [-0.4, -0.2) is 16.0 Å². The monoisotopic (exact) mass is 233 g/mol. The molecule has 0 spiro atoms. The molecule has 0 aliphatic heterocycles. The minimum Gasteiger partial charge on any atom is -0.441 e. The van der Waals surface area contributed by atoms with Crippen molar-refractivity contribution in [3.05, 3.63) is 34.7 Å². The van der Waals surface area contributed by atoms with E-state index in [1.54, 1.807) is 32.4 Å². The lowest BCUT2D eigenvalue weighted by Gasteiger charge is -2.05. The van der Waals surface area contributed by atoms with Gasteiger partial charge in [-0.15, -0.1) is 0 Å². The van der Waals surface area contributed by atoms with Gasteiger partial charge < -0.3 is 14.3 Å². The van der Waals surface area contributed by atoms with E-state index in [1.165, 1.54) is 4.57 Å². The molecular formula is C11H11N3O3. The Morgan fingerprint density at radius 3 is 2.88 bits per heavy atom. The molecule has 17 heavy (non-hydrogen) atoms. The molecule has 0 radical (unpaired) electrons. The molecule has 0 aliphatic carbocycles. The summed E-state index contributed by atoms with van der Waals surface area (Å²) >= 11 is 0. The fraction of sp³-hybridized carbons (Fsp3) is 0.182. The van der Waals surface area contributed by atoms with Crippen LogP contribution in [0.25, 0.3) is 11.3 Å². The molecule has 6 nitrogen and oxygen atoms in total. The Morgan fingerprint density at radius 1 is 1.53 bits per heavy atom. The van der Waals surface area contributed by atoms with Gasteiger partial charge in [0, 0.05) is 25.7 Å². The highest BCUT2D eigenvalue weighted by Crippen LogP contribution is 2.20. The van der Waals surface area contributed by atoms with Crippen LogP contribution in [0.3, 0.4) is 0 Å². The predicted molar refractivity (Wildman–Crippen MR) is 61.6 cm³/mol. The minimum absolute atomic E-state index is 0.203. The molecule has 0 aromatic carbocycles. The van der Waals surface area contributed by atoms with E-state index in [0.29, 0.717) is 23.6 Å². The SMILES string of the molecule is Cc1ncc(-c2cc(NC=O)c(=O)n(C)c2)o1. The van der Waals surface area contributed by atoms with Crippen molar-refractivity contribution in [1.82, 2.24) is 9.55 Å². The molecule has 0 bridgehead atoms. The minimum atomic E-state index is -0.280. The van der Waals surface area contributed by atoms with E-state index in [1.807, 2.05) is 0 Å². The fourth-order valence-corrected chi connectivity index (χ4v) is 1.51. The van der Waals surface area contributed by atoms with Gasteiger partial charge in [0.15, 0.2) is 11.7 Å². The molecule has 0 fully saturated rings. The summed E-state index contributed by atoms with van der Waals surface area (Å²) in [5.41, 5.74) is 0.600. The Morgan fingerprint density at radius 2 is 2.29 bits per heavy atom. The van der Waals surface area contributed by atoms with E-state index >= 15 is 0 Å². The third-order valence-corrected chi connectivity index (χ3v) is 2.30. The number of nitrogens with one attached hydrogen (secondary N) is 1. The topological polar surface area (TPSA) is 77.1 Å². The molecule has 2 aromatic rings. The van der Waals surface area contributed by atoms with Crippen molar-refractivity contribution in [1.29, 1.82) is 0 Å². The number of pyridine rings is 1. The zero-order valence-corrected chi connectivity index (χ0v) is 9.43. The molecule has 88 valence electrons. The van der Waals surface area contributed by atoms with E-state index in [-0.39, 0.29) is 11.2 Å². The number of oxazole rings is 1. The van der Waals surface area contributed by atoms with Crippen LogP contribution in [0.4, 0.5) is 5.69 Å². The third kappa shape index (κ3) is 2.10. The summed E-state index contributed by atoms with van der Waals surface area (Å²) in [5.74, 6) is 1.09. The number of hydrogen-bond donors (Lipinski definition) is 1. The molecule has 0 atom stereocenters. The van der Waals surface area contributed by atoms with Crippen LogP contribution in [0.5, 0.6) is 0 Å². The van der Waals surface area contributed by atoms with Crippen molar-refractivity contribution in [2.75, 3.05) is 5.32 Å². The Hall–Kier alpha value is -2.37. The van der Waals surface area contributed by atoms with Crippen molar-refractivity contribution < 1.29 is 9.21 Å². The number of rotatable bonds is 3. The van der Waals surface area contributed by atoms with Crippen molar-refractivity contribution in [3.8, 4) is 11.3 Å². The fourth-order valence-electron chi connectivity index (χ4n) is 1.51. The molecule has 6 heteroatoms. The van der Waals surface area contributed by atoms with Gasteiger partial charge in [0.25, 0.3) is 5.56 Å². The van der Waals surface area contributed by atoms with Crippen LogP contribution in [0.2, 0.25) is 0 Å². The third-order valence-electron chi connectivity index (χ3n) is 2.30. The van der Waals surface area contributed by atoms with Crippen LogP contribution in [0.1, 0.15) is 5.89 Å². The van der Waals surface area contributed by atoms with E-state index in [9.17, 15) is 9.59 Å². The van der Waals surface area contributed by atoms with Gasteiger partial charge in [0.05, 0.1) is 6.20 Å². The molecule has 1 N–H and O–H groups in total. The number of nitrogens with zero attached hydrogens (tertiary/aromatic N) is 2. The first-order chi connectivity index (χ1) is 8.11. The molecule has 0 saturated carbocycles. The second kappa shape index (κ2) is 4.25. The van der Waals surface area contributed by atoms with Gasteiger partial charge in [-0.25, -0.2) is 4.98 Å². The number of aryl methyl sites for hydroxylation is 2. The summed E-state index contributed by atoms with van der Waals surface area (Å²) in [6.07, 6.45) is 3.66. The summed E-state index contributed by atoms with van der Waals surface area (Å²) in [5, 5.41) is 2.36. The van der Waals surface area contributed by atoms with Crippen LogP contribution >= 0.6 is 0 Å². The lowest BCUT2D eigenvalue weighted by molar-refractivity contribution is -0.105. The molecule has 0 aliphatic rings. The maximum absolute atomic E-state index is 11.6. The molecule has 2 heterocycles. The van der Waals surface area contributed by atoms with E-state index in [4.69, 9.17) is 4.42 Å². The lowest BCUT2D eigenvalue weighted by atomic mass is 10.2. The summed E-state index contributed by atoms with van der Waals surface area (Å²) < 4.78 is 6.73. The molecule has 0 unspecified atom stereocenters.